The molecular formula is C32H30ClFN4O. The molecule has 0 unspecified atom stereocenters. The predicted octanol–water partition coefficient (Wildman–Crippen LogP) is 7.56. The molecule has 0 spiro atoms. The van der Waals surface area contributed by atoms with Crippen LogP contribution in [0.5, 0.6) is 0 Å². The summed E-state index contributed by atoms with van der Waals surface area (Å²) in [4.78, 5) is 23.9. The van der Waals surface area contributed by atoms with Crippen molar-refractivity contribution in [2.24, 2.45) is 0 Å². The van der Waals surface area contributed by atoms with Crippen LogP contribution >= 0.6 is 11.6 Å². The minimum atomic E-state index is -0.296. The number of carbonyl (C=O) groups excluding carboxylic acids is 1. The molecule has 0 aliphatic carbocycles. The number of nitrogens with one attached hydrogen (secondary N) is 1. The van der Waals surface area contributed by atoms with Crippen molar-refractivity contribution in [1.29, 1.82) is 0 Å². The van der Waals surface area contributed by atoms with E-state index >= 15 is 0 Å². The van der Waals surface area contributed by atoms with Crippen LogP contribution in [0.4, 0.5) is 21.7 Å². The number of allylic oxidation sites excluding steroid dienone is 1. The van der Waals surface area contributed by atoms with Crippen LogP contribution in [-0.4, -0.2) is 28.8 Å². The molecule has 1 aliphatic heterocycles. The Morgan fingerprint density at radius 2 is 1.85 bits per heavy atom. The summed E-state index contributed by atoms with van der Waals surface area (Å²) in [5, 5.41) is 3.85. The van der Waals surface area contributed by atoms with E-state index in [9.17, 15) is 9.18 Å². The number of piperidine rings is 1. The van der Waals surface area contributed by atoms with Crippen LogP contribution < -0.4 is 10.2 Å². The predicted molar refractivity (Wildman–Crippen MR) is 156 cm³/mol. The average Bonchev–Trinajstić information content (AvgIpc) is 2.94. The van der Waals surface area contributed by atoms with E-state index < -0.39 is 0 Å². The summed E-state index contributed by atoms with van der Waals surface area (Å²) in [6, 6.07) is 20.3. The number of aromatic nitrogens is 2. The third kappa shape index (κ3) is 6.89. The van der Waals surface area contributed by atoms with E-state index in [0.29, 0.717) is 23.1 Å². The maximum atomic E-state index is 13.9. The van der Waals surface area contributed by atoms with Gasteiger partial charge in [0.05, 0.1) is 5.69 Å². The topological polar surface area (TPSA) is 58.1 Å². The maximum Gasteiger partial charge on any atom is 0.227 e. The fraction of sp³-hybridized carbons (Fsp3) is 0.219. The molecule has 1 aliphatic rings. The highest BCUT2D eigenvalue weighted by Crippen LogP contribution is 2.30. The largest absolute Gasteiger partial charge is 0.371 e. The Hall–Kier alpha value is -4.03. The summed E-state index contributed by atoms with van der Waals surface area (Å²) in [5.74, 6) is 0.0455. The number of benzene rings is 3. The molecule has 1 saturated heterocycles. The molecule has 5 rings (SSSR count). The van der Waals surface area contributed by atoms with Crippen molar-refractivity contribution >= 4 is 34.7 Å². The number of anilines is 3. The highest BCUT2D eigenvalue weighted by molar-refractivity contribution is 6.31. The van der Waals surface area contributed by atoms with E-state index in [-0.39, 0.29) is 18.0 Å². The van der Waals surface area contributed by atoms with Crippen molar-refractivity contribution in [3.8, 4) is 11.3 Å². The maximum absolute atomic E-state index is 13.9. The van der Waals surface area contributed by atoms with Crippen molar-refractivity contribution in [2.45, 2.75) is 32.1 Å². The zero-order chi connectivity index (χ0) is 27.2. The van der Waals surface area contributed by atoms with Crippen LogP contribution in [0.25, 0.3) is 11.3 Å². The molecule has 0 bridgehead atoms. The second-order valence-electron chi connectivity index (χ2n) is 9.79. The van der Waals surface area contributed by atoms with Crippen LogP contribution in [0, 0.1) is 5.82 Å². The second kappa shape index (κ2) is 12.2. The Kier molecular flexibility index (Phi) is 8.33. The van der Waals surface area contributed by atoms with Crippen molar-refractivity contribution in [3.05, 3.63) is 113 Å². The fourth-order valence-electron chi connectivity index (χ4n) is 4.94. The minimum absolute atomic E-state index is 0.0955. The summed E-state index contributed by atoms with van der Waals surface area (Å²) >= 11 is 6.47. The zero-order valence-corrected chi connectivity index (χ0v) is 22.4. The van der Waals surface area contributed by atoms with Gasteiger partial charge in [-0.15, -0.1) is 0 Å². The van der Waals surface area contributed by atoms with Gasteiger partial charge in [0.15, 0.2) is 5.78 Å². The number of hydrogen-bond acceptors (Lipinski definition) is 5. The fourth-order valence-corrected chi connectivity index (χ4v) is 5.19. The zero-order valence-electron chi connectivity index (χ0n) is 21.7. The lowest BCUT2D eigenvalue weighted by molar-refractivity contribution is -0.114. The van der Waals surface area contributed by atoms with Gasteiger partial charge in [-0.1, -0.05) is 36.4 Å². The molecule has 1 fully saturated rings. The summed E-state index contributed by atoms with van der Waals surface area (Å²) in [7, 11) is 0. The smallest absolute Gasteiger partial charge is 0.227 e. The summed E-state index contributed by atoms with van der Waals surface area (Å²) in [6.45, 7) is 5.69. The molecule has 1 aromatic heterocycles. The number of nitrogens with zero attached hydrogens (tertiary/aromatic N) is 3. The molecule has 0 radical (unpaired) electrons. The molecule has 5 nitrogen and oxygen atoms in total. The first-order valence-corrected chi connectivity index (χ1v) is 13.5. The van der Waals surface area contributed by atoms with Crippen molar-refractivity contribution < 1.29 is 9.18 Å². The van der Waals surface area contributed by atoms with Crippen molar-refractivity contribution in [2.75, 3.05) is 23.3 Å². The number of hydrogen-bond donors (Lipinski definition) is 1. The SMILES string of the molecule is C=CC(=O)Cc1cc(Cl)cc(-c2nc(Nc3cccc(N4CCCCC4)c3)ncc2Cc2cccc(F)c2)c1. The van der Waals surface area contributed by atoms with Crippen LogP contribution in [0.15, 0.2) is 85.6 Å². The van der Waals surface area contributed by atoms with Gasteiger partial charge in [0, 0.05) is 59.7 Å². The highest BCUT2D eigenvalue weighted by atomic mass is 35.5. The van der Waals surface area contributed by atoms with E-state index in [2.05, 4.69) is 33.9 Å². The molecule has 198 valence electrons. The summed E-state index contributed by atoms with van der Waals surface area (Å²) in [5.41, 5.74) is 5.88. The number of carbonyl (C=O) groups is 1. The van der Waals surface area contributed by atoms with Crippen LogP contribution in [-0.2, 0) is 17.6 Å². The van der Waals surface area contributed by atoms with Gasteiger partial charge in [0.2, 0.25) is 5.95 Å². The van der Waals surface area contributed by atoms with Crippen molar-refractivity contribution in [3.63, 3.8) is 0 Å². The van der Waals surface area contributed by atoms with E-state index in [1.54, 1.807) is 18.3 Å². The first-order chi connectivity index (χ1) is 19.0. The molecule has 0 amide bonds. The molecule has 2 heterocycles. The molecule has 39 heavy (non-hydrogen) atoms. The lowest BCUT2D eigenvalue weighted by Crippen LogP contribution is -2.29. The molecule has 0 saturated carbocycles. The van der Waals surface area contributed by atoms with E-state index in [1.807, 2.05) is 30.3 Å². The van der Waals surface area contributed by atoms with E-state index in [0.717, 1.165) is 41.0 Å². The molecule has 0 atom stereocenters. The highest BCUT2D eigenvalue weighted by Gasteiger charge is 2.15. The summed E-state index contributed by atoms with van der Waals surface area (Å²) in [6.07, 6.45) is 7.38. The van der Waals surface area contributed by atoms with Gasteiger partial charge >= 0.3 is 0 Å². The average molecular weight is 541 g/mol. The van der Waals surface area contributed by atoms with Crippen molar-refractivity contribution in [1.82, 2.24) is 9.97 Å². The third-order valence-electron chi connectivity index (χ3n) is 6.81. The third-order valence-corrected chi connectivity index (χ3v) is 7.03. The van der Waals surface area contributed by atoms with Gasteiger partial charge in [-0.25, -0.2) is 14.4 Å². The Labute approximate surface area is 233 Å². The minimum Gasteiger partial charge on any atom is -0.371 e. The monoisotopic (exact) mass is 540 g/mol. The van der Waals surface area contributed by atoms with Crippen LogP contribution in [0.1, 0.15) is 36.0 Å². The van der Waals surface area contributed by atoms with Gasteiger partial charge in [-0.3, -0.25) is 4.79 Å². The molecule has 7 heteroatoms. The molecule has 4 aromatic rings. The Morgan fingerprint density at radius 3 is 2.64 bits per heavy atom. The Bertz CT molecular complexity index is 1500. The van der Waals surface area contributed by atoms with Gasteiger partial charge in [0.25, 0.3) is 0 Å². The van der Waals surface area contributed by atoms with E-state index in [4.69, 9.17) is 16.6 Å². The lowest BCUT2D eigenvalue weighted by atomic mass is 9.98. The van der Waals surface area contributed by atoms with Gasteiger partial charge in [0.1, 0.15) is 5.82 Å². The quantitative estimate of drug-likeness (QED) is 0.222. The molecule has 3 aromatic carbocycles. The number of halogens is 2. The lowest BCUT2D eigenvalue weighted by Gasteiger charge is -2.29. The molecular weight excluding hydrogens is 511 g/mol. The Balaban J connectivity index is 1.51. The Morgan fingerprint density at radius 1 is 1.03 bits per heavy atom. The van der Waals surface area contributed by atoms with Gasteiger partial charge < -0.3 is 10.2 Å². The summed E-state index contributed by atoms with van der Waals surface area (Å²) < 4.78 is 13.9. The number of ketones is 1. The van der Waals surface area contributed by atoms with E-state index in [1.165, 1.54) is 43.2 Å². The van der Waals surface area contributed by atoms with Crippen LogP contribution in [0.2, 0.25) is 5.02 Å². The second-order valence-corrected chi connectivity index (χ2v) is 10.2. The normalized spacial score (nSPS) is 13.2. The first kappa shape index (κ1) is 26.6. The molecule has 1 N–H and O–H groups in total. The van der Waals surface area contributed by atoms with Gasteiger partial charge in [-0.2, -0.15) is 0 Å². The van der Waals surface area contributed by atoms with Crippen LogP contribution in [0.3, 0.4) is 0 Å². The first-order valence-electron chi connectivity index (χ1n) is 13.1. The standard InChI is InChI=1S/C32H30ClFN4O/c1-2-30(39)18-23-15-24(19-26(33)16-23)31-25(14-22-8-6-9-27(34)17-22)21-35-32(37-31)36-28-10-7-11-29(20-28)38-12-4-3-5-13-38/h2,6-11,15-17,19-21H,1,3-5,12-14,18H2,(H,35,36,37). The number of rotatable bonds is 9. The van der Waals surface area contributed by atoms with Gasteiger partial charge in [-0.05, 0) is 85.0 Å².